The predicted molar refractivity (Wildman–Crippen MR) is 87.2 cm³/mol. The quantitative estimate of drug-likeness (QED) is 0.902. The van der Waals surface area contributed by atoms with Crippen LogP contribution in [0.3, 0.4) is 0 Å². The minimum Gasteiger partial charge on any atom is -0.369 e. The third kappa shape index (κ3) is 4.07. The Bertz CT molecular complexity index is 421. The molecule has 1 aromatic heterocycles. The minimum absolute atomic E-state index is 0.589. The second kappa shape index (κ2) is 7.46. The van der Waals surface area contributed by atoms with Crippen molar-refractivity contribution in [2.24, 2.45) is 0 Å². The maximum atomic E-state index is 6.30. The molecule has 19 heavy (non-hydrogen) atoms. The Labute approximate surface area is 129 Å². The summed E-state index contributed by atoms with van der Waals surface area (Å²) in [5.41, 5.74) is 0. The SMILES string of the molecule is CCCNc1nc(N2CCCSCC2)c(Cl)cc1Cl. The lowest BCUT2D eigenvalue weighted by atomic mass is 10.3. The van der Waals surface area contributed by atoms with Gasteiger partial charge in [0, 0.05) is 25.4 Å². The zero-order valence-electron chi connectivity index (χ0n) is 11.1. The van der Waals surface area contributed by atoms with Crippen LogP contribution < -0.4 is 10.2 Å². The molecular weight excluding hydrogens is 301 g/mol. The van der Waals surface area contributed by atoms with Crippen LogP contribution in [-0.2, 0) is 0 Å². The maximum absolute atomic E-state index is 6.30. The van der Waals surface area contributed by atoms with Crippen molar-refractivity contribution in [1.29, 1.82) is 0 Å². The number of thioether (sulfide) groups is 1. The van der Waals surface area contributed by atoms with Crippen molar-refractivity contribution in [1.82, 2.24) is 4.98 Å². The zero-order chi connectivity index (χ0) is 13.7. The molecule has 0 amide bonds. The lowest BCUT2D eigenvalue weighted by molar-refractivity contribution is 0.801. The van der Waals surface area contributed by atoms with Crippen molar-refractivity contribution in [2.75, 3.05) is 41.4 Å². The summed E-state index contributed by atoms with van der Waals surface area (Å²) in [7, 11) is 0. The molecule has 0 spiro atoms. The summed E-state index contributed by atoms with van der Waals surface area (Å²) >= 11 is 14.5. The van der Waals surface area contributed by atoms with Crippen LogP contribution in [0.15, 0.2) is 6.07 Å². The Hall–Kier alpha value is -0.320. The first-order chi connectivity index (χ1) is 9.22. The lowest BCUT2D eigenvalue weighted by Crippen LogP contribution is -2.27. The summed E-state index contributed by atoms with van der Waals surface area (Å²) in [6.07, 6.45) is 2.21. The van der Waals surface area contributed by atoms with Crippen LogP contribution in [-0.4, -0.2) is 36.1 Å². The van der Waals surface area contributed by atoms with Gasteiger partial charge in [0.25, 0.3) is 0 Å². The molecule has 0 saturated carbocycles. The molecule has 1 saturated heterocycles. The minimum atomic E-state index is 0.589. The summed E-state index contributed by atoms with van der Waals surface area (Å²) in [4.78, 5) is 6.88. The van der Waals surface area contributed by atoms with Crippen LogP contribution in [0.5, 0.6) is 0 Å². The molecule has 1 aliphatic rings. The van der Waals surface area contributed by atoms with E-state index >= 15 is 0 Å². The van der Waals surface area contributed by atoms with Crippen LogP contribution in [0.4, 0.5) is 11.6 Å². The molecular formula is C13H19Cl2N3S. The van der Waals surface area contributed by atoms with Crippen molar-refractivity contribution in [2.45, 2.75) is 19.8 Å². The first-order valence-corrected chi connectivity index (χ1v) is 8.56. The fourth-order valence-electron chi connectivity index (χ4n) is 2.00. The van der Waals surface area contributed by atoms with Gasteiger partial charge in [0.1, 0.15) is 11.6 Å². The first-order valence-electron chi connectivity index (χ1n) is 6.65. The molecule has 106 valence electrons. The average molecular weight is 320 g/mol. The standard InChI is InChI=1S/C13H19Cl2N3S/c1-2-4-16-12-10(14)9-11(15)13(17-12)18-5-3-7-19-8-6-18/h9H,2-8H2,1H3,(H,16,17). The Morgan fingerprint density at radius 3 is 2.95 bits per heavy atom. The number of hydrogen-bond acceptors (Lipinski definition) is 4. The number of nitrogens with one attached hydrogen (secondary N) is 1. The highest BCUT2D eigenvalue weighted by Crippen LogP contribution is 2.32. The van der Waals surface area contributed by atoms with Crippen LogP contribution in [0.2, 0.25) is 10.0 Å². The van der Waals surface area contributed by atoms with Gasteiger partial charge >= 0.3 is 0 Å². The van der Waals surface area contributed by atoms with E-state index in [-0.39, 0.29) is 0 Å². The van der Waals surface area contributed by atoms with Gasteiger partial charge in [-0.05, 0) is 24.7 Å². The monoisotopic (exact) mass is 319 g/mol. The van der Waals surface area contributed by atoms with Gasteiger partial charge in [-0.25, -0.2) is 4.98 Å². The molecule has 0 aliphatic carbocycles. The molecule has 0 unspecified atom stereocenters. The highest BCUT2D eigenvalue weighted by molar-refractivity contribution is 7.99. The van der Waals surface area contributed by atoms with Gasteiger partial charge in [0.2, 0.25) is 0 Å². The van der Waals surface area contributed by atoms with Crippen LogP contribution >= 0.6 is 35.0 Å². The van der Waals surface area contributed by atoms with Crippen LogP contribution in [0.1, 0.15) is 19.8 Å². The van der Waals surface area contributed by atoms with E-state index in [0.717, 1.165) is 43.4 Å². The molecule has 2 heterocycles. The number of pyridine rings is 1. The van der Waals surface area contributed by atoms with E-state index in [0.29, 0.717) is 10.0 Å². The Kier molecular flexibility index (Phi) is 5.92. The van der Waals surface area contributed by atoms with E-state index in [1.54, 1.807) is 6.07 Å². The highest BCUT2D eigenvalue weighted by Gasteiger charge is 2.17. The fourth-order valence-corrected chi connectivity index (χ4v) is 3.44. The van der Waals surface area contributed by atoms with E-state index in [4.69, 9.17) is 23.2 Å². The van der Waals surface area contributed by atoms with Gasteiger partial charge < -0.3 is 10.2 Å². The molecule has 0 atom stereocenters. The largest absolute Gasteiger partial charge is 0.369 e. The van der Waals surface area contributed by atoms with Gasteiger partial charge in [0.05, 0.1) is 10.0 Å². The van der Waals surface area contributed by atoms with E-state index in [9.17, 15) is 0 Å². The van der Waals surface area contributed by atoms with E-state index in [1.165, 1.54) is 12.2 Å². The first kappa shape index (κ1) is 15.1. The van der Waals surface area contributed by atoms with Gasteiger partial charge in [0.15, 0.2) is 0 Å². The second-order valence-corrected chi connectivity index (χ2v) is 6.54. The molecule has 1 aliphatic heterocycles. The summed E-state index contributed by atoms with van der Waals surface area (Å²) in [5, 5.41) is 4.48. The number of hydrogen-bond donors (Lipinski definition) is 1. The van der Waals surface area contributed by atoms with Gasteiger partial charge in [-0.3, -0.25) is 0 Å². The summed E-state index contributed by atoms with van der Waals surface area (Å²) < 4.78 is 0. The van der Waals surface area contributed by atoms with Gasteiger partial charge in [-0.1, -0.05) is 30.1 Å². The molecule has 3 nitrogen and oxygen atoms in total. The molecule has 1 aromatic rings. The smallest absolute Gasteiger partial charge is 0.149 e. The molecule has 1 N–H and O–H groups in total. The summed E-state index contributed by atoms with van der Waals surface area (Å²) in [6.45, 7) is 4.98. The maximum Gasteiger partial charge on any atom is 0.149 e. The number of rotatable bonds is 4. The fraction of sp³-hybridized carbons (Fsp3) is 0.615. The van der Waals surface area contributed by atoms with Gasteiger partial charge in [-0.15, -0.1) is 0 Å². The topological polar surface area (TPSA) is 28.2 Å². The van der Waals surface area contributed by atoms with Gasteiger partial charge in [-0.2, -0.15) is 11.8 Å². The van der Waals surface area contributed by atoms with E-state index in [2.05, 4.69) is 22.1 Å². The second-order valence-electron chi connectivity index (χ2n) is 4.50. The third-order valence-electron chi connectivity index (χ3n) is 2.98. The third-order valence-corrected chi connectivity index (χ3v) is 4.59. The lowest BCUT2D eigenvalue weighted by Gasteiger charge is -2.23. The van der Waals surface area contributed by atoms with Crippen LogP contribution in [0, 0.1) is 0 Å². The van der Waals surface area contributed by atoms with Crippen molar-refractivity contribution in [3.05, 3.63) is 16.1 Å². The molecule has 0 radical (unpaired) electrons. The predicted octanol–water partition coefficient (Wildman–Crippen LogP) is 4.15. The summed E-state index contributed by atoms with van der Waals surface area (Å²) in [6, 6.07) is 1.79. The van der Waals surface area contributed by atoms with E-state index in [1.807, 2.05) is 11.8 Å². The summed E-state index contributed by atoms with van der Waals surface area (Å²) in [5.74, 6) is 3.92. The van der Waals surface area contributed by atoms with Crippen LogP contribution in [0.25, 0.3) is 0 Å². The molecule has 0 aromatic carbocycles. The van der Waals surface area contributed by atoms with E-state index < -0.39 is 0 Å². The molecule has 0 bridgehead atoms. The Balaban J connectivity index is 2.22. The number of anilines is 2. The van der Waals surface area contributed by atoms with Crippen molar-refractivity contribution in [3.63, 3.8) is 0 Å². The van der Waals surface area contributed by atoms with Crippen molar-refractivity contribution < 1.29 is 0 Å². The number of aromatic nitrogens is 1. The number of halogens is 2. The average Bonchev–Trinajstić information content (AvgIpc) is 2.66. The molecule has 1 fully saturated rings. The molecule has 6 heteroatoms. The zero-order valence-corrected chi connectivity index (χ0v) is 13.4. The number of nitrogens with zero attached hydrogens (tertiary/aromatic N) is 2. The Morgan fingerprint density at radius 2 is 2.16 bits per heavy atom. The Morgan fingerprint density at radius 1 is 1.32 bits per heavy atom. The normalized spacial score (nSPS) is 16.3. The van der Waals surface area contributed by atoms with Crippen molar-refractivity contribution >= 4 is 46.6 Å². The molecule has 2 rings (SSSR count). The van der Waals surface area contributed by atoms with Crippen molar-refractivity contribution in [3.8, 4) is 0 Å². The highest BCUT2D eigenvalue weighted by atomic mass is 35.5.